The van der Waals surface area contributed by atoms with E-state index in [2.05, 4.69) is 104 Å². The molecule has 250 valence electrons. The highest BCUT2D eigenvalue weighted by Crippen LogP contribution is 2.49. The van der Waals surface area contributed by atoms with E-state index >= 15 is 0 Å². The Balaban J connectivity index is 0.000000309. The minimum Gasteiger partial charge on any atom is -0.326 e. The lowest BCUT2D eigenvalue weighted by Gasteiger charge is -2.34. The molecule has 4 aromatic carbocycles. The third-order valence-corrected chi connectivity index (χ3v) is 11.3. The lowest BCUT2D eigenvalue weighted by molar-refractivity contribution is 0.713. The molecule has 0 spiro atoms. The molecule has 1 unspecified atom stereocenters. The van der Waals surface area contributed by atoms with Gasteiger partial charge in [0.2, 0.25) is 0 Å². The standard InChI is InChI=1S/C39H41N.C8H6N2/c1-4-25-9-8-10-26(5-2)39(25)31-19-24(3)38-29(20-31)17-18-34-32-11-6-7-12-33(32)36(22-37(34)38)35-21-28(27-13-14-27)15-16-30(35)23-40;1-2-7-6-9-5-3-8(7)10-4-1/h6,8-11,15-21,27,36H,4-5,7,12-14,22-23,40H2,1-3H3;1-6H. The molecule has 50 heavy (non-hydrogen) atoms. The first-order chi connectivity index (χ1) is 24.6. The number of pyridine rings is 2. The normalized spacial score (nSPS) is 16.6. The summed E-state index contributed by atoms with van der Waals surface area (Å²) in [7, 11) is 0. The van der Waals surface area contributed by atoms with Crippen molar-refractivity contribution in [1.82, 2.24) is 9.97 Å². The molecule has 0 aliphatic heterocycles. The van der Waals surface area contributed by atoms with E-state index in [1.54, 1.807) is 18.0 Å². The third kappa shape index (κ3) is 5.98. The van der Waals surface area contributed by atoms with Crippen LogP contribution in [0.25, 0.3) is 38.4 Å². The van der Waals surface area contributed by atoms with Crippen LogP contribution in [0.3, 0.4) is 0 Å². The second kappa shape index (κ2) is 13.8. The van der Waals surface area contributed by atoms with E-state index in [0.717, 1.165) is 48.9 Å². The molecule has 3 aliphatic rings. The summed E-state index contributed by atoms with van der Waals surface area (Å²) in [6.07, 6.45) is 18.2. The number of nitrogens with zero attached hydrogens (tertiary/aromatic N) is 2. The number of hydrogen-bond donors (Lipinski definition) is 1. The van der Waals surface area contributed by atoms with E-state index in [1.807, 2.05) is 24.4 Å². The van der Waals surface area contributed by atoms with Crippen molar-refractivity contribution < 1.29 is 0 Å². The molecule has 1 atom stereocenters. The molecule has 6 aromatic rings. The van der Waals surface area contributed by atoms with Crippen molar-refractivity contribution in [2.45, 2.75) is 84.1 Å². The first-order valence-corrected chi connectivity index (χ1v) is 18.6. The summed E-state index contributed by atoms with van der Waals surface area (Å²) in [5.41, 5.74) is 24.8. The van der Waals surface area contributed by atoms with Crippen LogP contribution in [-0.2, 0) is 25.8 Å². The van der Waals surface area contributed by atoms with E-state index in [-0.39, 0.29) is 0 Å². The van der Waals surface area contributed by atoms with Crippen molar-refractivity contribution in [2.24, 2.45) is 5.73 Å². The van der Waals surface area contributed by atoms with Gasteiger partial charge in [0, 0.05) is 36.4 Å². The second-order valence-electron chi connectivity index (χ2n) is 14.3. The van der Waals surface area contributed by atoms with E-state index in [9.17, 15) is 0 Å². The average molecular weight is 654 g/mol. The molecule has 0 saturated heterocycles. The number of hydrogen-bond acceptors (Lipinski definition) is 3. The molecule has 1 fully saturated rings. The van der Waals surface area contributed by atoms with Gasteiger partial charge in [0.1, 0.15) is 0 Å². The monoisotopic (exact) mass is 653 g/mol. The summed E-state index contributed by atoms with van der Waals surface area (Å²) in [6.45, 7) is 7.50. The summed E-state index contributed by atoms with van der Waals surface area (Å²) < 4.78 is 0. The zero-order valence-electron chi connectivity index (χ0n) is 29.7. The topological polar surface area (TPSA) is 51.8 Å². The fraction of sp³-hybridized carbons (Fsp3) is 0.277. The Morgan fingerprint density at radius 1 is 0.820 bits per heavy atom. The minimum atomic E-state index is 0.405. The Morgan fingerprint density at radius 2 is 1.66 bits per heavy atom. The van der Waals surface area contributed by atoms with E-state index < -0.39 is 0 Å². The molecule has 3 nitrogen and oxygen atoms in total. The number of fused-ring (bicyclic) bond motifs is 5. The maximum atomic E-state index is 6.37. The van der Waals surface area contributed by atoms with Gasteiger partial charge >= 0.3 is 0 Å². The van der Waals surface area contributed by atoms with Crippen LogP contribution in [0.1, 0.15) is 95.9 Å². The van der Waals surface area contributed by atoms with Crippen LogP contribution in [-0.4, -0.2) is 9.97 Å². The van der Waals surface area contributed by atoms with Crippen molar-refractivity contribution in [3.63, 3.8) is 0 Å². The maximum Gasteiger partial charge on any atom is 0.0732 e. The summed E-state index contributed by atoms with van der Waals surface area (Å²) in [5.74, 6) is 1.16. The van der Waals surface area contributed by atoms with Gasteiger partial charge in [-0.1, -0.05) is 86.2 Å². The van der Waals surface area contributed by atoms with Gasteiger partial charge in [-0.2, -0.15) is 0 Å². The molecular formula is C47H47N3. The quantitative estimate of drug-likeness (QED) is 0.195. The molecule has 0 bridgehead atoms. The first-order valence-electron chi connectivity index (χ1n) is 18.6. The van der Waals surface area contributed by atoms with Crippen molar-refractivity contribution in [1.29, 1.82) is 0 Å². The smallest absolute Gasteiger partial charge is 0.0732 e. The fourth-order valence-corrected chi connectivity index (χ4v) is 8.63. The second-order valence-corrected chi connectivity index (χ2v) is 14.3. The lowest BCUT2D eigenvalue weighted by Crippen LogP contribution is -2.19. The predicted octanol–water partition coefficient (Wildman–Crippen LogP) is 11.3. The summed E-state index contributed by atoms with van der Waals surface area (Å²) >= 11 is 0. The molecule has 2 aromatic heterocycles. The van der Waals surface area contributed by atoms with Crippen LogP contribution in [0.2, 0.25) is 0 Å². The van der Waals surface area contributed by atoms with Gasteiger partial charge in [-0.05, 0) is 154 Å². The highest BCUT2D eigenvalue weighted by molar-refractivity contribution is 5.98. The van der Waals surface area contributed by atoms with Crippen molar-refractivity contribution in [2.75, 3.05) is 0 Å². The number of aromatic nitrogens is 2. The predicted molar refractivity (Wildman–Crippen MR) is 210 cm³/mol. The maximum absolute atomic E-state index is 6.37. The molecule has 9 rings (SSSR count). The molecule has 2 N–H and O–H groups in total. The number of aryl methyl sites for hydroxylation is 3. The Bertz CT molecular complexity index is 2200. The van der Waals surface area contributed by atoms with E-state index in [1.165, 1.54) is 84.8 Å². The summed E-state index contributed by atoms with van der Waals surface area (Å²) in [6, 6.07) is 29.6. The molecule has 2 heterocycles. The van der Waals surface area contributed by atoms with Crippen LogP contribution < -0.4 is 5.73 Å². The Kier molecular flexibility index (Phi) is 8.93. The van der Waals surface area contributed by atoms with Gasteiger partial charge in [0.05, 0.1) is 5.52 Å². The van der Waals surface area contributed by atoms with Crippen LogP contribution in [0, 0.1) is 6.92 Å². The van der Waals surface area contributed by atoms with Gasteiger partial charge in [-0.25, -0.2) is 0 Å². The van der Waals surface area contributed by atoms with Gasteiger partial charge in [0.25, 0.3) is 0 Å². The van der Waals surface area contributed by atoms with Crippen LogP contribution >= 0.6 is 0 Å². The lowest BCUT2D eigenvalue weighted by atomic mass is 9.70. The molecule has 3 heteroatoms. The number of allylic oxidation sites excluding steroid dienone is 4. The van der Waals surface area contributed by atoms with Gasteiger partial charge in [-0.3, -0.25) is 9.97 Å². The van der Waals surface area contributed by atoms with Crippen LogP contribution in [0.5, 0.6) is 0 Å². The highest BCUT2D eigenvalue weighted by Gasteiger charge is 2.32. The largest absolute Gasteiger partial charge is 0.326 e. The highest BCUT2D eigenvalue weighted by atomic mass is 14.7. The molecule has 3 aliphatic carbocycles. The minimum absolute atomic E-state index is 0.405. The summed E-state index contributed by atoms with van der Waals surface area (Å²) in [4.78, 5) is 8.11. The number of benzene rings is 4. The summed E-state index contributed by atoms with van der Waals surface area (Å²) in [5, 5.41) is 3.91. The molecule has 0 amide bonds. The molecule has 0 radical (unpaired) electrons. The van der Waals surface area contributed by atoms with E-state index in [4.69, 9.17) is 5.73 Å². The van der Waals surface area contributed by atoms with Gasteiger partial charge in [-0.15, -0.1) is 0 Å². The van der Waals surface area contributed by atoms with E-state index in [0.29, 0.717) is 12.5 Å². The average Bonchev–Trinajstić information content (AvgIpc) is 4.03. The Labute approximate surface area is 297 Å². The van der Waals surface area contributed by atoms with Crippen LogP contribution in [0.4, 0.5) is 0 Å². The first kappa shape index (κ1) is 32.4. The Morgan fingerprint density at radius 3 is 2.42 bits per heavy atom. The number of rotatable bonds is 6. The fourth-order valence-electron chi connectivity index (χ4n) is 8.63. The van der Waals surface area contributed by atoms with Crippen LogP contribution in [0.15, 0.2) is 115 Å². The Hall–Kier alpha value is -4.86. The van der Waals surface area contributed by atoms with Crippen molar-refractivity contribution in [3.8, 4) is 11.1 Å². The van der Waals surface area contributed by atoms with Crippen molar-refractivity contribution >= 4 is 27.2 Å². The van der Waals surface area contributed by atoms with Gasteiger partial charge < -0.3 is 5.73 Å². The van der Waals surface area contributed by atoms with Gasteiger partial charge in [0.15, 0.2) is 0 Å². The zero-order chi connectivity index (χ0) is 34.2. The molecule has 1 saturated carbocycles. The SMILES string of the molecule is CCc1cccc(CC)c1-c1cc(C)c2c3c(ccc2c1)C1=C(CCC=C1)C(c1cc(C2CC2)ccc1CN)C3.c1cnc2ccncc2c1. The number of nitrogens with two attached hydrogens (primary N) is 1. The van der Waals surface area contributed by atoms with Crippen molar-refractivity contribution in [3.05, 3.63) is 160 Å². The zero-order valence-corrected chi connectivity index (χ0v) is 29.7. The third-order valence-electron chi connectivity index (χ3n) is 11.3. The molecular weight excluding hydrogens is 607 g/mol.